The van der Waals surface area contributed by atoms with Crippen LogP contribution in [-0.4, -0.2) is 47.7 Å². The van der Waals surface area contributed by atoms with Gasteiger partial charge in [0.05, 0.1) is 26.4 Å². The van der Waals surface area contributed by atoms with Crippen LogP contribution in [0.3, 0.4) is 0 Å². The molecule has 162 valence electrons. The second-order valence-corrected chi connectivity index (χ2v) is 8.45. The number of halogens is 6. The first kappa shape index (κ1) is 24.6. The lowest BCUT2D eigenvalue weighted by Crippen LogP contribution is -2.32. The van der Waals surface area contributed by atoms with Gasteiger partial charge in [0, 0.05) is 5.92 Å². The maximum absolute atomic E-state index is 12.3. The molecule has 0 fully saturated rings. The van der Waals surface area contributed by atoms with Crippen LogP contribution in [0, 0.1) is 5.92 Å². The molecule has 0 aromatic heterocycles. The normalized spacial score (nSPS) is 13.8. The Bertz CT molecular complexity index is 771. The van der Waals surface area contributed by atoms with Crippen molar-refractivity contribution in [2.45, 2.75) is 17.6 Å². The van der Waals surface area contributed by atoms with Crippen molar-refractivity contribution in [3.05, 3.63) is 35.9 Å². The summed E-state index contributed by atoms with van der Waals surface area (Å²) in [6.07, 6.45) is 0. The van der Waals surface area contributed by atoms with Crippen molar-refractivity contribution in [1.82, 2.24) is 0 Å². The van der Waals surface area contributed by atoms with E-state index in [0.717, 1.165) is 0 Å². The van der Waals surface area contributed by atoms with Crippen LogP contribution in [0.4, 0.5) is 26.3 Å². The van der Waals surface area contributed by atoms with Gasteiger partial charge in [-0.1, -0.05) is 30.3 Å². The average molecular weight is 460 g/mol. The molecule has 0 saturated heterocycles. The van der Waals surface area contributed by atoms with E-state index in [1.807, 2.05) is 0 Å². The van der Waals surface area contributed by atoms with E-state index in [4.69, 9.17) is 4.74 Å². The molecule has 0 amide bonds. The summed E-state index contributed by atoms with van der Waals surface area (Å²) in [5.74, 6) is -1.57. The molecule has 0 aliphatic rings. The summed E-state index contributed by atoms with van der Waals surface area (Å²) in [5.41, 5.74) is -10.9. The van der Waals surface area contributed by atoms with E-state index in [9.17, 15) is 43.2 Å². The molecular weight excluding hydrogens is 446 g/mol. The lowest BCUT2D eigenvalue weighted by Gasteiger charge is -2.18. The zero-order valence-electron chi connectivity index (χ0n) is 13.7. The van der Waals surface area contributed by atoms with Crippen molar-refractivity contribution < 1.29 is 56.3 Å². The molecule has 0 spiro atoms. The molecule has 1 rings (SSSR count). The second kappa shape index (κ2) is 9.39. The molecule has 15 heteroatoms. The molecule has 0 saturated carbocycles. The van der Waals surface area contributed by atoms with Gasteiger partial charge in [-0.15, -0.1) is 0 Å². The molecular formula is C13H14F6O7S2. The fourth-order valence-corrected chi connectivity index (χ4v) is 2.58. The second-order valence-electron chi connectivity index (χ2n) is 5.24. The lowest BCUT2D eigenvalue weighted by atomic mass is 10.2. The average Bonchev–Trinajstić information content (AvgIpc) is 2.55. The van der Waals surface area contributed by atoms with Gasteiger partial charge in [-0.05, 0) is 5.56 Å². The van der Waals surface area contributed by atoms with Crippen molar-refractivity contribution in [2.75, 3.05) is 19.8 Å². The van der Waals surface area contributed by atoms with Crippen molar-refractivity contribution in [3.63, 3.8) is 0 Å². The van der Waals surface area contributed by atoms with E-state index in [-0.39, 0.29) is 6.61 Å². The Morgan fingerprint density at radius 3 is 1.57 bits per heavy atom. The van der Waals surface area contributed by atoms with Crippen molar-refractivity contribution in [1.29, 1.82) is 0 Å². The van der Waals surface area contributed by atoms with E-state index < -0.39 is 57.0 Å². The molecule has 0 N–H and O–H groups in total. The zero-order valence-corrected chi connectivity index (χ0v) is 15.4. The van der Waals surface area contributed by atoms with E-state index in [1.54, 1.807) is 30.3 Å². The minimum absolute atomic E-state index is 0.130. The number of hydrogen-bond acceptors (Lipinski definition) is 7. The summed E-state index contributed by atoms with van der Waals surface area (Å²) in [6.45, 7) is -3.40. The monoisotopic (exact) mass is 460 g/mol. The van der Waals surface area contributed by atoms with Gasteiger partial charge in [0.15, 0.2) is 0 Å². The SMILES string of the molecule is O=S(=O)(OCC(COCc1ccccc1)COS(=O)(=O)C(F)(F)F)C(F)(F)F. The van der Waals surface area contributed by atoms with Crippen molar-refractivity contribution in [2.24, 2.45) is 5.92 Å². The Labute approximate surface area is 156 Å². The Hall–Kier alpha value is -1.42. The van der Waals surface area contributed by atoms with Crippen LogP contribution in [0.25, 0.3) is 0 Å². The molecule has 0 atom stereocenters. The standard InChI is InChI=1S/C13H14F6O7S2/c14-12(15,16)27(20,21)25-8-11(9-26-28(22,23)13(17,18)19)7-24-6-10-4-2-1-3-5-10/h1-5,11H,6-9H2. The summed E-state index contributed by atoms with van der Waals surface area (Å²) < 4.78 is 130. The molecule has 28 heavy (non-hydrogen) atoms. The minimum Gasteiger partial charge on any atom is -0.376 e. The van der Waals surface area contributed by atoms with Crippen LogP contribution in [0.1, 0.15) is 5.56 Å². The van der Waals surface area contributed by atoms with E-state index in [1.165, 1.54) is 0 Å². The third kappa shape index (κ3) is 7.54. The summed E-state index contributed by atoms with van der Waals surface area (Å²) in [5, 5.41) is 0. The molecule has 7 nitrogen and oxygen atoms in total. The van der Waals surface area contributed by atoms with Crippen LogP contribution in [0.15, 0.2) is 30.3 Å². The first-order valence-electron chi connectivity index (χ1n) is 7.19. The Morgan fingerprint density at radius 2 is 1.18 bits per heavy atom. The predicted molar refractivity (Wildman–Crippen MR) is 81.4 cm³/mol. The van der Waals surface area contributed by atoms with Crippen LogP contribution < -0.4 is 0 Å². The fraction of sp³-hybridized carbons (Fsp3) is 0.538. The Balaban J connectivity index is 2.76. The minimum atomic E-state index is -6.03. The van der Waals surface area contributed by atoms with Gasteiger partial charge in [0.25, 0.3) is 0 Å². The summed E-state index contributed by atoms with van der Waals surface area (Å²) in [7, 11) is -12.1. The van der Waals surface area contributed by atoms with Gasteiger partial charge in [-0.2, -0.15) is 43.2 Å². The lowest BCUT2D eigenvalue weighted by molar-refractivity contribution is -0.0597. The molecule has 0 aliphatic heterocycles. The van der Waals surface area contributed by atoms with Crippen molar-refractivity contribution in [3.8, 4) is 0 Å². The maximum Gasteiger partial charge on any atom is 0.523 e. The zero-order chi connectivity index (χ0) is 21.6. The summed E-state index contributed by atoms with van der Waals surface area (Å²) in [6, 6.07) is 8.15. The van der Waals surface area contributed by atoms with Crippen molar-refractivity contribution >= 4 is 20.2 Å². The predicted octanol–water partition coefficient (Wildman–Crippen LogP) is 2.55. The van der Waals surface area contributed by atoms with E-state index >= 15 is 0 Å². The number of benzene rings is 1. The molecule has 0 aliphatic carbocycles. The first-order valence-corrected chi connectivity index (χ1v) is 10.0. The molecule has 1 aromatic rings. The summed E-state index contributed by atoms with van der Waals surface area (Å²) in [4.78, 5) is 0. The fourth-order valence-electron chi connectivity index (χ4n) is 1.57. The smallest absolute Gasteiger partial charge is 0.376 e. The highest BCUT2D eigenvalue weighted by Crippen LogP contribution is 2.27. The van der Waals surface area contributed by atoms with Crippen LogP contribution in [0.5, 0.6) is 0 Å². The van der Waals surface area contributed by atoms with E-state index in [0.29, 0.717) is 5.56 Å². The highest BCUT2D eigenvalue weighted by Gasteiger charge is 2.49. The number of ether oxygens (including phenoxy) is 1. The third-order valence-electron chi connectivity index (χ3n) is 2.95. The van der Waals surface area contributed by atoms with Gasteiger partial charge < -0.3 is 4.74 Å². The molecule has 1 aromatic carbocycles. The Kier molecular flexibility index (Phi) is 8.25. The Morgan fingerprint density at radius 1 is 0.750 bits per heavy atom. The molecule has 0 radical (unpaired) electrons. The molecule has 0 heterocycles. The maximum atomic E-state index is 12.3. The van der Waals surface area contributed by atoms with Crippen LogP contribution in [0.2, 0.25) is 0 Å². The van der Waals surface area contributed by atoms with Gasteiger partial charge >= 0.3 is 31.3 Å². The highest BCUT2D eigenvalue weighted by atomic mass is 32.2. The van der Waals surface area contributed by atoms with Gasteiger partial charge in [0.1, 0.15) is 0 Å². The highest BCUT2D eigenvalue weighted by molar-refractivity contribution is 7.87. The quantitative estimate of drug-likeness (QED) is 0.301. The largest absolute Gasteiger partial charge is 0.523 e. The van der Waals surface area contributed by atoms with Gasteiger partial charge in [0.2, 0.25) is 0 Å². The number of alkyl halides is 6. The topological polar surface area (TPSA) is 96.0 Å². The number of hydrogen-bond donors (Lipinski definition) is 0. The third-order valence-corrected chi connectivity index (χ3v) is 4.98. The van der Waals surface area contributed by atoms with Gasteiger partial charge in [-0.3, -0.25) is 8.37 Å². The first-order chi connectivity index (χ1) is 12.7. The molecule has 0 bridgehead atoms. The van der Waals surface area contributed by atoms with E-state index in [2.05, 4.69) is 8.37 Å². The van der Waals surface area contributed by atoms with Gasteiger partial charge in [-0.25, -0.2) is 0 Å². The summed E-state index contributed by atoms with van der Waals surface area (Å²) >= 11 is 0. The van der Waals surface area contributed by atoms with Crippen LogP contribution >= 0.6 is 0 Å². The molecule has 0 unspecified atom stereocenters. The number of rotatable bonds is 10. The van der Waals surface area contributed by atoms with Crippen LogP contribution in [-0.2, 0) is 39.9 Å².